The highest BCUT2D eigenvalue weighted by Crippen LogP contribution is 2.31. The Morgan fingerprint density at radius 1 is 1.03 bits per heavy atom. The molecule has 0 saturated heterocycles. The molecule has 0 saturated carbocycles. The molecule has 4 nitrogen and oxygen atoms in total. The first kappa shape index (κ1) is 21.8. The van der Waals surface area contributed by atoms with Crippen LogP contribution in [-0.4, -0.2) is 23.7 Å². The van der Waals surface area contributed by atoms with Crippen LogP contribution in [0.2, 0.25) is 0 Å². The number of carbonyl (C=O) groups excluding carboxylic acids is 1. The minimum Gasteiger partial charge on any atom is -0.443 e. The zero-order valence-corrected chi connectivity index (χ0v) is 18.5. The van der Waals surface area contributed by atoms with Gasteiger partial charge in [0.2, 0.25) is 0 Å². The normalized spacial score (nSPS) is 12.1. The van der Waals surface area contributed by atoms with Gasteiger partial charge in [0.1, 0.15) is 11.4 Å². The van der Waals surface area contributed by atoms with Gasteiger partial charge in [-0.25, -0.2) is 14.2 Å². The Kier molecular flexibility index (Phi) is 5.84. The number of para-hydroxylation sites is 1. The quantitative estimate of drug-likeness (QED) is 0.475. The van der Waals surface area contributed by atoms with Gasteiger partial charge in [-0.3, -0.25) is 4.90 Å². The zero-order valence-electron chi connectivity index (χ0n) is 18.5. The molecule has 0 spiro atoms. The number of rotatable bonds is 4. The van der Waals surface area contributed by atoms with Crippen LogP contribution in [-0.2, 0) is 4.74 Å². The van der Waals surface area contributed by atoms with Crippen LogP contribution in [0.5, 0.6) is 0 Å². The lowest BCUT2D eigenvalue weighted by molar-refractivity contribution is 0.0147. The molecule has 0 radical (unpaired) electrons. The molecule has 30 heavy (non-hydrogen) atoms. The molecule has 3 aromatic rings. The highest BCUT2D eigenvalue weighted by molar-refractivity contribution is 5.88. The minimum absolute atomic E-state index is 0.0477. The van der Waals surface area contributed by atoms with E-state index in [9.17, 15) is 9.18 Å². The zero-order chi connectivity index (χ0) is 22.1. The smallest absolute Gasteiger partial charge is 0.414 e. The lowest BCUT2D eigenvalue weighted by atomic mass is 9.84. The number of halogens is 1. The number of nitrogens with zero attached hydrogens (tertiary/aromatic N) is 2. The summed E-state index contributed by atoms with van der Waals surface area (Å²) in [7, 11) is 1.68. The summed E-state index contributed by atoms with van der Waals surface area (Å²) in [5.74, 6) is -0.304. The van der Waals surface area contributed by atoms with E-state index >= 15 is 0 Å². The average Bonchev–Trinajstić information content (AvgIpc) is 2.65. The largest absolute Gasteiger partial charge is 0.443 e. The van der Waals surface area contributed by atoms with Crippen molar-refractivity contribution in [2.75, 3.05) is 11.9 Å². The van der Waals surface area contributed by atoms with Gasteiger partial charge in [-0.1, -0.05) is 45.0 Å². The summed E-state index contributed by atoms with van der Waals surface area (Å²) in [5, 5.41) is 0.498. The summed E-state index contributed by atoms with van der Waals surface area (Å²) in [5.41, 5.74) is 2.10. The van der Waals surface area contributed by atoms with E-state index in [1.165, 1.54) is 11.0 Å². The molecule has 0 aliphatic heterocycles. The Morgan fingerprint density at radius 3 is 2.30 bits per heavy atom. The van der Waals surface area contributed by atoms with Gasteiger partial charge >= 0.3 is 6.09 Å². The van der Waals surface area contributed by atoms with Crippen molar-refractivity contribution in [1.82, 2.24) is 4.98 Å². The SMILES string of the molecule is CN(C(=O)OC(C)(C)CC(C)(C)C)c1ccc(-c2cc(F)c3ccccc3n2)cc1. The first-order valence-corrected chi connectivity index (χ1v) is 10.1. The van der Waals surface area contributed by atoms with Crippen molar-refractivity contribution in [3.63, 3.8) is 0 Å². The van der Waals surface area contributed by atoms with Crippen LogP contribution in [0.25, 0.3) is 22.2 Å². The molecule has 1 aromatic heterocycles. The number of aromatic nitrogens is 1. The lowest BCUT2D eigenvalue weighted by Gasteiger charge is -2.33. The third-order valence-corrected chi connectivity index (χ3v) is 4.81. The van der Waals surface area contributed by atoms with Crippen LogP contribution >= 0.6 is 0 Å². The Labute approximate surface area is 177 Å². The van der Waals surface area contributed by atoms with Crippen molar-refractivity contribution in [1.29, 1.82) is 0 Å². The number of fused-ring (bicyclic) bond motifs is 1. The van der Waals surface area contributed by atoms with Crippen LogP contribution in [0.15, 0.2) is 54.6 Å². The van der Waals surface area contributed by atoms with Crippen LogP contribution in [0, 0.1) is 11.2 Å². The van der Waals surface area contributed by atoms with E-state index < -0.39 is 11.7 Å². The molecular formula is C25H29FN2O2. The van der Waals surface area contributed by atoms with Gasteiger partial charge in [-0.2, -0.15) is 0 Å². The van der Waals surface area contributed by atoms with Crippen LogP contribution in [0.4, 0.5) is 14.9 Å². The maximum atomic E-state index is 14.4. The van der Waals surface area contributed by atoms with Gasteiger partial charge in [0.05, 0.1) is 11.2 Å². The van der Waals surface area contributed by atoms with Crippen molar-refractivity contribution in [3.05, 3.63) is 60.4 Å². The Balaban J connectivity index is 1.77. The Hall–Kier alpha value is -2.95. The highest BCUT2D eigenvalue weighted by Gasteiger charge is 2.30. The second-order valence-corrected chi connectivity index (χ2v) is 9.48. The number of ether oxygens (including phenoxy) is 1. The summed E-state index contributed by atoms with van der Waals surface area (Å²) in [6, 6.07) is 15.8. The third kappa shape index (κ3) is 5.15. The molecule has 0 aliphatic carbocycles. The van der Waals surface area contributed by atoms with Crippen molar-refractivity contribution in [3.8, 4) is 11.3 Å². The number of pyridine rings is 1. The van der Waals surface area contributed by atoms with E-state index in [0.717, 1.165) is 12.0 Å². The van der Waals surface area contributed by atoms with Gasteiger partial charge in [0.15, 0.2) is 0 Å². The number of amides is 1. The molecular weight excluding hydrogens is 379 g/mol. The minimum atomic E-state index is -0.573. The number of hydrogen-bond acceptors (Lipinski definition) is 3. The second kappa shape index (κ2) is 8.05. The fourth-order valence-corrected chi connectivity index (χ4v) is 3.86. The first-order valence-electron chi connectivity index (χ1n) is 10.1. The predicted molar refractivity (Wildman–Crippen MR) is 120 cm³/mol. The molecule has 0 aliphatic rings. The van der Waals surface area contributed by atoms with Crippen molar-refractivity contribution >= 4 is 22.7 Å². The van der Waals surface area contributed by atoms with Gasteiger partial charge in [0, 0.05) is 29.8 Å². The molecule has 0 bridgehead atoms. The highest BCUT2D eigenvalue weighted by atomic mass is 19.1. The number of anilines is 1. The molecule has 1 heterocycles. The summed E-state index contributed by atoms with van der Waals surface area (Å²) in [4.78, 5) is 18.7. The summed E-state index contributed by atoms with van der Waals surface area (Å²) in [6.07, 6.45) is 0.337. The number of carbonyl (C=O) groups is 1. The third-order valence-electron chi connectivity index (χ3n) is 4.81. The molecule has 0 fully saturated rings. The van der Waals surface area contributed by atoms with Crippen LogP contribution in [0.1, 0.15) is 41.0 Å². The maximum absolute atomic E-state index is 14.4. The van der Waals surface area contributed by atoms with E-state index in [4.69, 9.17) is 4.74 Å². The van der Waals surface area contributed by atoms with Crippen LogP contribution < -0.4 is 4.90 Å². The van der Waals surface area contributed by atoms with Crippen molar-refractivity contribution in [2.24, 2.45) is 5.41 Å². The van der Waals surface area contributed by atoms with Crippen LogP contribution in [0.3, 0.4) is 0 Å². The van der Waals surface area contributed by atoms with E-state index in [2.05, 4.69) is 25.8 Å². The fourth-order valence-electron chi connectivity index (χ4n) is 3.86. The summed E-state index contributed by atoms with van der Waals surface area (Å²) >= 11 is 0. The predicted octanol–water partition coefficient (Wildman–Crippen LogP) is 6.83. The summed E-state index contributed by atoms with van der Waals surface area (Å²) < 4.78 is 20.1. The monoisotopic (exact) mass is 408 g/mol. The van der Waals surface area contributed by atoms with Gasteiger partial charge in [-0.15, -0.1) is 0 Å². The van der Waals surface area contributed by atoms with E-state index in [0.29, 0.717) is 22.3 Å². The number of benzene rings is 2. The fraction of sp³-hybridized carbons (Fsp3) is 0.360. The average molecular weight is 409 g/mol. The number of hydrogen-bond donors (Lipinski definition) is 0. The van der Waals surface area contributed by atoms with Crippen molar-refractivity contribution < 1.29 is 13.9 Å². The Bertz CT molecular complexity index is 1050. The molecule has 2 aromatic carbocycles. The van der Waals surface area contributed by atoms with Gasteiger partial charge < -0.3 is 4.74 Å². The molecule has 5 heteroatoms. The second-order valence-electron chi connectivity index (χ2n) is 9.48. The lowest BCUT2D eigenvalue weighted by Crippen LogP contribution is -2.38. The Morgan fingerprint density at radius 2 is 1.67 bits per heavy atom. The molecule has 158 valence electrons. The van der Waals surface area contributed by atoms with Gasteiger partial charge in [-0.05, 0) is 49.9 Å². The molecule has 1 amide bonds. The molecule has 0 unspecified atom stereocenters. The standard InChI is InChI=1S/C25H29FN2O2/c1-24(2,3)16-25(4,5)30-23(29)28(6)18-13-11-17(12-14-18)22-15-20(26)19-9-7-8-10-21(19)27-22/h7-15H,16H2,1-6H3. The molecule has 0 atom stereocenters. The first-order chi connectivity index (χ1) is 14.0. The van der Waals surface area contributed by atoms with Crippen molar-refractivity contribution in [2.45, 2.75) is 46.6 Å². The topological polar surface area (TPSA) is 42.4 Å². The molecule has 3 rings (SSSR count). The maximum Gasteiger partial charge on any atom is 0.414 e. The molecule has 0 N–H and O–H groups in total. The van der Waals surface area contributed by atoms with E-state index in [1.807, 2.05) is 44.2 Å². The van der Waals surface area contributed by atoms with E-state index in [-0.39, 0.29) is 11.2 Å². The van der Waals surface area contributed by atoms with E-state index in [1.54, 1.807) is 25.2 Å². The summed E-state index contributed by atoms with van der Waals surface area (Å²) in [6.45, 7) is 10.2. The van der Waals surface area contributed by atoms with Gasteiger partial charge in [0.25, 0.3) is 0 Å².